The highest BCUT2D eigenvalue weighted by Crippen LogP contribution is 2.35. The summed E-state index contributed by atoms with van der Waals surface area (Å²) in [5, 5.41) is 12.2. The van der Waals surface area contributed by atoms with Crippen LogP contribution in [-0.2, 0) is 12.6 Å². The van der Waals surface area contributed by atoms with Crippen LogP contribution < -0.4 is 10.1 Å². The molecule has 0 saturated carbocycles. The molecule has 6 heteroatoms. The van der Waals surface area contributed by atoms with E-state index < -0.39 is 11.7 Å². The van der Waals surface area contributed by atoms with E-state index in [0.29, 0.717) is 24.9 Å². The number of aliphatic hydroxyl groups is 1. The van der Waals surface area contributed by atoms with Crippen molar-refractivity contribution in [2.45, 2.75) is 76.6 Å². The van der Waals surface area contributed by atoms with Crippen molar-refractivity contribution in [3.63, 3.8) is 0 Å². The summed E-state index contributed by atoms with van der Waals surface area (Å²) < 4.78 is 46.0. The molecule has 0 unspecified atom stereocenters. The Bertz CT molecular complexity index is 548. The molecule has 0 amide bonds. The first-order valence-electron chi connectivity index (χ1n) is 9.65. The fourth-order valence-electron chi connectivity index (χ4n) is 3.41. The lowest BCUT2D eigenvalue weighted by atomic mass is 9.99. The topological polar surface area (TPSA) is 41.5 Å². The van der Waals surface area contributed by atoms with Gasteiger partial charge in [-0.05, 0) is 30.5 Å². The third-order valence-corrected chi connectivity index (χ3v) is 4.89. The number of hydrogen-bond acceptors (Lipinski definition) is 3. The monoisotopic (exact) mass is 373 g/mol. The average Bonchev–Trinajstić information content (AvgIpc) is 3.05. The van der Waals surface area contributed by atoms with Crippen molar-refractivity contribution in [3.8, 4) is 5.75 Å². The first kappa shape index (κ1) is 21.0. The van der Waals surface area contributed by atoms with Crippen LogP contribution in [-0.4, -0.2) is 30.4 Å². The summed E-state index contributed by atoms with van der Waals surface area (Å²) in [5.41, 5.74) is -0.244. The molecule has 2 N–H and O–H groups in total. The zero-order chi connectivity index (χ0) is 19.0. The standard InChI is InChI=1S/C20H30F3NO2/c1-2-3-4-5-6-7-8-15-9-10-17(12-19(15)20(21,22)23)26-18-11-16(14-25)24-13-18/h9-10,12,16,18,24-25H,2-8,11,13-14H2,1H3/t16-,18-/m1/s1. The van der Waals surface area contributed by atoms with Crippen molar-refractivity contribution in [3.05, 3.63) is 29.3 Å². The SMILES string of the molecule is CCCCCCCCc1ccc(O[C@H]2CN[C@@H](CO)C2)cc1C(F)(F)F. The molecule has 1 aliphatic rings. The van der Waals surface area contributed by atoms with Crippen molar-refractivity contribution in [2.24, 2.45) is 0 Å². The zero-order valence-electron chi connectivity index (χ0n) is 15.4. The summed E-state index contributed by atoms with van der Waals surface area (Å²) in [7, 11) is 0. The Balaban J connectivity index is 1.96. The second-order valence-electron chi connectivity index (χ2n) is 7.10. The van der Waals surface area contributed by atoms with Gasteiger partial charge in [0.1, 0.15) is 11.9 Å². The van der Waals surface area contributed by atoms with Crippen molar-refractivity contribution in [1.29, 1.82) is 0 Å². The molecule has 1 heterocycles. The summed E-state index contributed by atoms with van der Waals surface area (Å²) in [5.74, 6) is 0.245. The Kier molecular flexibility index (Phi) is 8.22. The summed E-state index contributed by atoms with van der Waals surface area (Å²) in [6.07, 6.45) is 2.77. The molecular formula is C20H30F3NO2. The predicted molar refractivity (Wildman–Crippen MR) is 96.4 cm³/mol. The maximum absolute atomic E-state index is 13.4. The molecule has 3 nitrogen and oxygen atoms in total. The van der Waals surface area contributed by atoms with E-state index in [1.807, 2.05) is 0 Å². The highest BCUT2D eigenvalue weighted by Gasteiger charge is 2.34. The van der Waals surface area contributed by atoms with Gasteiger partial charge in [0, 0.05) is 19.0 Å². The van der Waals surface area contributed by atoms with Crippen LogP contribution in [0.5, 0.6) is 5.75 Å². The third kappa shape index (κ3) is 6.47. The minimum Gasteiger partial charge on any atom is -0.489 e. The van der Waals surface area contributed by atoms with Crippen LogP contribution in [0, 0.1) is 0 Å². The molecule has 2 atom stereocenters. The van der Waals surface area contributed by atoms with Gasteiger partial charge >= 0.3 is 6.18 Å². The molecule has 0 aliphatic carbocycles. The van der Waals surface area contributed by atoms with Crippen LogP contribution >= 0.6 is 0 Å². The molecule has 0 aromatic heterocycles. The van der Waals surface area contributed by atoms with E-state index in [9.17, 15) is 13.2 Å². The molecule has 0 spiro atoms. The average molecular weight is 373 g/mol. The van der Waals surface area contributed by atoms with E-state index in [0.717, 1.165) is 38.2 Å². The summed E-state index contributed by atoms with van der Waals surface area (Å²) in [6, 6.07) is 4.26. The van der Waals surface area contributed by atoms with Crippen LogP contribution in [0.2, 0.25) is 0 Å². The molecule has 2 rings (SSSR count). The number of alkyl halides is 3. The number of aliphatic hydroxyl groups excluding tert-OH is 1. The van der Waals surface area contributed by atoms with E-state index in [2.05, 4.69) is 12.2 Å². The summed E-state index contributed by atoms with van der Waals surface area (Å²) in [6.45, 7) is 2.68. The molecule has 1 fully saturated rings. The van der Waals surface area contributed by atoms with E-state index in [1.165, 1.54) is 6.42 Å². The number of ether oxygens (including phenoxy) is 1. The Morgan fingerprint density at radius 3 is 2.54 bits per heavy atom. The lowest BCUT2D eigenvalue weighted by Gasteiger charge is -2.17. The number of nitrogens with one attached hydrogen (secondary N) is 1. The molecule has 1 aromatic carbocycles. The number of hydrogen-bond donors (Lipinski definition) is 2. The van der Waals surface area contributed by atoms with Crippen molar-refractivity contribution >= 4 is 0 Å². The fourth-order valence-corrected chi connectivity index (χ4v) is 3.41. The van der Waals surface area contributed by atoms with Gasteiger partial charge in [-0.25, -0.2) is 0 Å². The van der Waals surface area contributed by atoms with Gasteiger partial charge in [0.15, 0.2) is 0 Å². The molecule has 1 aromatic rings. The van der Waals surface area contributed by atoms with Crippen LogP contribution in [0.3, 0.4) is 0 Å². The Labute approximate surface area is 153 Å². The minimum atomic E-state index is -4.38. The highest BCUT2D eigenvalue weighted by molar-refractivity contribution is 5.38. The number of aryl methyl sites for hydroxylation is 1. The van der Waals surface area contributed by atoms with Crippen LogP contribution in [0.15, 0.2) is 18.2 Å². The normalized spacial score (nSPS) is 20.5. The quantitative estimate of drug-likeness (QED) is 0.584. The minimum absolute atomic E-state index is 0.00482. The van der Waals surface area contributed by atoms with Crippen LogP contribution in [0.1, 0.15) is 63.0 Å². The van der Waals surface area contributed by atoms with Gasteiger partial charge in [-0.1, -0.05) is 45.1 Å². The van der Waals surface area contributed by atoms with Crippen molar-refractivity contribution < 1.29 is 23.0 Å². The molecule has 0 radical (unpaired) electrons. The Morgan fingerprint density at radius 1 is 1.15 bits per heavy atom. The number of halogens is 3. The van der Waals surface area contributed by atoms with E-state index >= 15 is 0 Å². The fraction of sp³-hybridized carbons (Fsp3) is 0.700. The maximum atomic E-state index is 13.4. The molecule has 0 bridgehead atoms. The zero-order valence-corrected chi connectivity index (χ0v) is 15.4. The first-order chi connectivity index (χ1) is 12.4. The van der Waals surface area contributed by atoms with Crippen molar-refractivity contribution in [2.75, 3.05) is 13.2 Å². The first-order valence-corrected chi connectivity index (χ1v) is 9.65. The largest absolute Gasteiger partial charge is 0.489 e. The van der Waals surface area contributed by atoms with Gasteiger partial charge in [-0.15, -0.1) is 0 Å². The van der Waals surface area contributed by atoms with E-state index in [4.69, 9.17) is 9.84 Å². The molecular weight excluding hydrogens is 343 g/mol. The predicted octanol–water partition coefficient (Wildman–Crippen LogP) is 4.71. The van der Waals surface area contributed by atoms with Gasteiger partial charge < -0.3 is 15.2 Å². The second kappa shape index (κ2) is 10.2. The maximum Gasteiger partial charge on any atom is 0.416 e. The Hall–Kier alpha value is -1.27. The van der Waals surface area contributed by atoms with Gasteiger partial charge in [-0.2, -0.15) is 13.2 Å². The molecule has 148 valence electrons. The molecule has 26 heavy (non-hydrogen) atoms. The van der Waals surface area contributed by atoms with Crippen LogP contribution in [0.4, 0.5) is 13.2 Å². The van der Waals surface area contributed by atoms with E-state index in [1.54, 1.807) is 12.1 Å². The lowest BCUT2D eigenvalue weighted by Crippen LogP contribution is -2.25. The summed E-state index contributed by atoms with van der Waals surface area (Å²) in [4.78, 5) is 0. The molecule has 1 aliphatic heterocycles. The summed E-state index contributed by atoms with van der Waals surface area (Å²) >= 11 is 0. The van der Waals surface area contributed by atoms with Gasteiger partial charge in [0.25, 0.3) is 0 Å². The van der Waals surface area contributed by atoms with E-state index in [-0.39, 0.29) is 24.5 Å². The highest BCUT2D eigenvalue weighted by atomic mass is 19.4. The number of unbranched alkanes of at least 4 members (excludes halogenated alkanes) is 5. The third-order valence-electron chi connectivity index (χ3n) is 4.89. The molecule has 1 saturated heterocycles. The Morgan fingerprint density at radius 2 is 1.88 bits per heavy atom. The number of rotatable bonds is 10. The van der Waals surface area contributed by atoms with Crippen LogP contribution in [0.25, 0.3) is 0 Å². The van der Waals surface area contributed by atoms with Gasteiger partial charge in [0.05, 0.1) is 12.2 Å². The number of benzene rings is 1. The smallest absolute Gasteiger partial charge is 0.416 e. The van der Waals surface area contributed by atoms with Crippen molar-refractivity contribution in [1.82, 2.24) is 5.32 Å². The second-order valence-corrected chi connectivity index (χ2v) is 7.10. The van der Waals surface area contributed by atoms with Gasteiger partial charge in [0.2, 0.25) is 0 Å². The van der Waals surface area contributed by atoms with Gasteiger partial charge in [-0.3, -0.25) is 0 Å². The lowest BCUT2D eigenvalue weighted by molar-refractivity contribution is -0.138.